The van der Waals surface area contributed by atoms with Gasteiger partial charge in [0.1, 0.15) is 6.61 Å². The van der Waals surface area contributed by atoms with Crippen molar-refractivity contribution in [1.82, 2.24) is 5.43 Å². The van der Waals surface area contributed by atoms with Gasteiger partial charge in [-0.2, -0.15) is 5.10 Å². The first kappa shape index (κ1) is 22.5. The van der Waals surface area contributed by atoms with Crippen LogP contribution in [0.1, 0.15) is 50.7 Å². The molecular weight excluding hydrogens is 424 g/mol. The third kappa shape index (κ3) is 4.39. The van der Waals surface area contributed by atoms with Gasteiger partial charge in [0.2, 0.25) is 5.91 Å². The van der Waals surface area contributed by atoms with Crippen LogP contribution in [-0.2, 0) is 11.4 Å². The zero-order valence-corrected chi connectivity index (χ0v) is 19.9. The molecule has 0 bridgehead atoms. The van der Waals surface area contributed by atoms with Gasteiger partial charge in [-0.05, 0) is 71.2 Å². The molecule has 2 aliphatic carbocycles. The third-order valence-corrected chi connectivity index (χ3v) is 7.53. The van der Waals surface area contributed by atoms with Crippen LogP contribution in [0.5, 0.6) is 11.5 Å². The summed E-state index contributed by atoms with van der Waals surface area (Å²) in [6, 6.07) is 20.3. The molecule has 1 N–H and O–H groups in total. The monoisotopic (exact) mass is 456 g/mol. The van der Waals surface area contributed by atoms with E-state index >= 15 is 0 Å². The van der Waals surface area contributed by atoms with Crippen LogP contribution < -0.4 is 14.9 Å². The van der Waals surface area contributed by atoms with Crippen molar-refractivity contribution < 1.29 is 14.3 Å². The van der Waals surface area contributed by atoms with Crippen LogP contribution in [0, 0.1) is 17.3 Å². The van der Waals surface area contributed by atoms with Crippen LogP contribution in [0.3, 0.4) is 0 Å². The summed E-state index contributed by atoms with van der Waals surface area (Å²) in [6.45, 7) is 5.18. The molecule has 0 unspecified atom stereocenters. The average molecular weight is 457 g/mol. The van der Waals surface area contributed by atoms with Gasteiger partial charge in [0.25, 0.3) is 0 Å². The standard InChI is InChI=1S/C29H32N2O3/c1-3-33-26-17-20(18-30-31-28(32)27-24-13-6-7-16-29(24,27)2)14-15-25(26)34-19-22-11-8-10-21-9-4-5-12-23(21)22/h4-5,8-12,14-15,17-18,24,27H,3,6-7,13,16,19H2,1-2H3,(H,31,32)/b30-18-/t24-,27-,29-/m0/s1. The molecule has 0 saturated heterocycles. The molecule has 34 heavy (non-hydrogen) atoms. The molecule has 0 heterocycles. The van der Waals surface area contributed by atoms with E-state index in [2.05, 4.69) is 47.8 Å². The van der Waals surface area contributed by atoms with E-state index in [1.807, 2.05) is 37.3 Å². The maximum absolute atomic E-state index is 12.6. The van der Waals surface area contributed by atoms with E-state index in [9.17, 15) is 4.79 Å². The van der Waals surface area contributed by atoms with E-state index in [0.717, 1.165) is 24.0 Å². The van der Waals surface area contributed by atoms with Crippen molar-refractivity contribution in [2.24, 2.45) is 22.4 Å². The van der Waals surface area contributed by atoms with Gasteiger partial charge >= 0.3 is 0 Å². The SMILES string of the molecule is CCOc1cc(/C=N\NC(=O)[C@@H]2[C@@H]3CCCC[C@]23C)ccc1OCc1cccc2ccccc12. The van der Waals surface area contributed by atoms with Crippen molar-refractivity contribution in [2.75, 3.05) is 6.61 Å². The first-order chi connectivity index (χ1) is 16.6. The average Bonchev–Trinajstić information content (AvgIpc) is 3.49. The second-order valence-corrected chi connectivity index (χ2v) is 9.64. The highest BCUT2D eigenvalue weighted by Crippen LogP contribution is 2.66. The molecule has 0 aromatic heterocycles. The number of hydrazone groups is 1. The number of hydrogen-bond acceptors (Lipinski definition) is 4. The van der Waals surface area contributed by atoms with Crippen LogP contribution in [-0.4, -0.2) is 18.7 Å². The molecule has 5 heteroatoms. The second kappa shape index (κ2) is 9.49. The van der Waals surface area contributed by atoms with Crippen LogP contribution in [0.25, 0.3) is 10.8 Å². The fourth-order valence-corrected chi connectivity index (χ4v) is 5.66. The molecule has 0 radical (unpaired) electrons. The van der Waals surface area contributed by atoms with Crippen molar-refractivity contribution in [1.29, 1.82) is 0 Å². The van der Waals surface area contributed by atoms with Crippen LogP contribution >= 0.6 is 0 Å². The Morgan fingerprint density at radius 3 is 2.76 bits per heavy atom. The van der Waals surface area contributed by atoms with Crippen molar-refractivity contribution in [3.63, 3.8) is 0 Å². The number of amides is 1. The van der Waals surface area contributed by atoms with Crippen molar-refractivity contribution in [2.45, 2.75) is 46.1 Å². The minimum Gasteiger partial charge on any atom is -0.490 e. The highest BCUT2D eigenvalue weighted by Gasteiger charge is 2.64. The third-order valence-electron chi connectivity index (χ3n) is 7.53. The molecule has 2 fully saturated rings. The summed E-state index contributed by atoms with van der Waals surface area (Å²) >= 11 is 0. The molecular formula is C29H32N2O3. The second-order valence-electron chi connectivity index (χ2n) is 9.64. The van der Waals surface area contributed by atoms with E-state index in [-0.39, 0.29) is 17.2 Å². The summed E-state index contributed by atoms with van der Waals surface area (Å²) in [4.78, 5) is 12.6. The zero-order chi connectivity index (χ0) is 23.5. The number of rotatable bonds is 8. The molecule has 3 aromatic carbocycles. The van der Waals surface area contributed by atoms with E-state index in [4.69, 9.17) is 9.47 Å². The Hall–Kier alpha value is -3.34. The van der Waals surface area contributed by atoms with Gasteiger partial charge in [-0.15, -0.1) is 0 Å². The van der Waals surface area contributed by atoms with Crippen molar-refractivity contribution >= 4 is 22.9 Å². The largest absolute Gasteiger partial charge is 0.490 e. The maximum Gasteiger partial charge on any atom is 0.244 e. The summed E-state index contributed by atoms with van der Waals surface area (Å²) in [5.74, 6) is 2.03. The van der Waals surface area contributed by atoms with Crippen molar-refractivity contribution in [3.05, 3.63) is 71.8 Å². The molecule has 3 aromatic rings. The molecule has 3 atom stereocenters. The fraction of sp³-hybridized carbons (Fsp3) is 0.379. The maximum atomic E-state index is 12.6. The minimum atomic E-state index is 0.0470. The van der Waals surface area contributed by atoms with Crippen LogP contribution in [0.2, 0.25) is 0 Å². The summed E-state index contributed by atoms with van der Waals surface area (Å²) in [5, 5.41) is 6.61. The van der Waals surface area contributed by atoms with Gasteiger partial charge in [-0.25, -0.2) is 5.43 Å². The van der Waals surface area contributed by atoms with Crippen LogP contribution in [0.4, 0.5) is 0 Å². The number of benzene rings is 3. The van der Waals surface area contributed by atoms with Gasteiger partial charge in [0, 0.05) is 5.92 Å². The Morgan fingerprint density at radius 1 is 1.09 bits per heavy atom. The lowest BCUT2D eigenvalue weighted by atomic mass is 9.90. The molecule has 5 nitrogen and oxygen atoms in total. The number of carbonyl (C=O) groups excluding carboxylic acids is 1. The number of nitrogens with one attached hydrogen (secondary N) is 1. The quantitative estimate of drug-likeness (QED) is 0.329. The molecule has 0 aliphatic heterocycles. The zero-order valence-electron chi connectivity index (χ0n) is 19.9. The predicted molar refractivity (Wildman–Crippen MR) is 135 cm³/mol. The Labute approximate surface area is 201 Å². The lowest BCUT2D eigenvalue weighted by molar-refractivity contribution is -0.123. The molecule has 1 amide bonds. The molecule has 176 valence electrons. The molecule has 5 rings (SSSR count). The number of fused-ring (bicyclic) bond motifs is 2. The van der Waals surface area contributed by atoms with E-state index in [1.165, 1.54) is 23.6 Å². The first-order valence-electron chi connectivity index (χ1n) is 12.3. The normalized spacial score (nSPS) is 23.5. The Balaban J connectivity index is 1.24. The molecule has 2 saturated carbocycles. The first-order valence-corrected chi connectivity index (χ1v) is 12.3. The number of hydrogen-bond donors (Lipinski definition) is 1. The minimum absolute atomic E-state index is 0.0470. The van der Waals surface area contributed by atoms with Gasteiger partial charge in [0.05, 0.1) is 12.8 Å². The topological polar surface area (TPSA) is 59.9 Å². The lowest BCUT2D eigenvalue weighted by Gasteiger charge is -2.15. The van der Waals surface area contributed by atoms with Gasteiger partial charge in [0.15, 0.2) is 11.5 Å². The summed E-state index contributed by atoms with van der Waals surface area (Å²) in [5.41, 5.74) is 4.92. The van der Waals surface area contributed by atoms with Crippen LogP contribution in [0.15, 0.2) is 65.8 Å². The van der Waals surface area contributed by atoms with Gasteiger partial charge in [-0.3, -0.25) is 4.79 Å². The van der Waals surface area contributed by atoms with Gasteiger partial charge in [-0.1, -0.05) is 62.2 Å². The summed E-state index contributed by atoms with van der Waals surface area (Å²) in [7, 11) is 0. The smallest absolute Gasteiger partial charge is 0.244 e. The molecule has 2 aliphatic rings. The Morgan fingerprint density at radius 2 is 1.94 bits per heavy atom. The highest BCUT2D eigenvalue weighted by atomic mass is 16.5. The summed E-state index contributed by atoms with van der Waals surface area (Å²) in [6.07, 6.45) is 6.45. The Kier molecular flexibility index (Phi) is 6.27. The summed E-state index contributed by atoms with van der Waals surface area (Å²) < 4.78 is 12.0. The number of ether oxygens (including phenoxy) is 2. The van der Waals surface area contributed by atoms with Gasteiger partial charge < -0.3 is 9.47 Å². The fourth-order valence-electron chi connectivity index (χ4n) is 5.66. The highest BCUT2D eigenvalue weighted by molar-refractivity contribution is 5.87. The predicted octanol–water partition coefficient (Wildman–Crippen LogP) is 6.09. The van der Waals surface area contributed by atoms with E-state index < -0.39 is 0 Å². The number of carbonyl (C=O) groups is 1. The molecule has 0 spiro atoms. The van der Waals surface area contributed by atoms with E-state index in [0.29, 0.717) is 30.6 Å². The lowest BCUT2D eigenvalue weighted by Crippen LogP contribution is -2.22. The number of nitrogens with zero attached hydrogens (tertiary/aromatic N) is 1. The van der Waals surface area contributed by atoms with Crippen molar-refractivity contribution in [3.8, 4) is 11.5 Å². The Bertz CT molecular complexity index is 1220. The van der Waals surface area contributed by atoms with E-state index in [1.54, 1.807) is 6.21 Å².